The summed E-state index contributed by atoms with van der Waals surface area (Å²) in [6.45, 7) is 4.04. The number of hydrogen-bond acceptors (Lipinski definition) is 3. The summed E-state index contributed by atoms with van der Waals surface area (Å²) in [5.74, 6) is 0.814. The van der Waals surface area contributed by atoms with Crippen LogP contribution in [-0.2, 0) is 16.1 Å². The molecule has 118 valence electrons. The van der Waals surface area contributed by atoms with Crippen molar-refractivity contribution in [1.82, 2.24) is 10.6 Å². The molecule has 0 spiro atoms. The van der Waals surface area contributed by atoms with E-state index in [1.165, 1.54) is 6.42 Å². The summed E-state index contributed by atoms with van der Waals surface area (Å²) in [7, 11) is 0. The fourth-order valence-corrected chi connectivity index (χ4v) is 2.39. The smallest absolute Gasteiger partial charge is 0.222 e. The van der Waals surface area contributed by atoms with Crippen molar-refractivity contribution in [3.05, 3.63) is 35.9 Å². The Labute approximate surface area is 133 Å². The second kappa shape index (κ2) is 10.6. The Balaban J connectivity index is 0.00000220. The Hall–Kier alpha value is -1.10. The van der Waals surface area contributed by atoms with Crippen LogP contribution in [0, 0.1) is 5.92 Å². The molecule has 1 aliphatic rings. The van der Waals surface area contributed by atoms with Gasteiger partial charge < -0.3 is 15.4 Å². The number of carbonyl (C=O) groups is 1. The van der Waals surface area contributed by atoms with E-state index in [9.17, 15) is 4.79 Å². The fraction of sp³-hybridized carbons (Fsp3) is 0.562. The minimum Gasteiger partial charge on any atom is -0.376 e. The van der Waals surface area contributed by atoms with Crippen LogP contribution < -0.4 is 10.6 Å². The van der Waals surface area contributed by atoms with Gasteiger partial charge in [-0.3, -0.25) is 4.79 Å². The van der Waals surface area contributed by atoms with Gasteiger partial charge in [-0.2, -0.15) is 0 Å². The van der Waals surface area contributed by atoms with E-state index in [0.29, 0.717) is 19.6 Å². The van der Waals surface area contributed by atoms with Crippen molar-refractivity contribution in [2.45, 2.75) is 25.9 Å². The Morgan fingerprint density at radius 3 is 2.86 bits per heavy atom. The third-order valence-electron chi connectivity index (χ3n) is 3.62. The van der Waals surface area contributed by atoms with Crippen molar-refractivity contribution in [1.29, 1.82) is 0 Å². The first kappa shape index (κ1) is 18.0. The fourth-order valence-electron chi connectivity index (χ4n) is 2.39. The number of ether oxygens (including phenoxy) is 1. The molecule has 0 radical (unpaired) electrons. The molecule has 2 N–H and O–H groups in total. The van der Waals surface area contributed by atoms with E-state index >= 15 is 0 Å². The molecule has 1 atom stereocenters. The Kier molecular flexibility index (Phi) is 9.06. The van der Waals surface area contributed by atoms with Gasteiger partial charge in [0.15, 0.2) is 0 Å². The molecule has 1 saturated heterocycles. The lowest BCUT2D eigenvalue weighted by Crippen LogP contribution is -2.27. The summed E-state index contributed by atoms with van der Waals surface area (Å²) < 4.78 is 5.50. The Morgan fingerprint density at radius 1 is 1.33 bits per heavy atom. The molecule has 0 aliphatic carbocycles. The largest absolute Gasteiger partial charge is 0.376 e. The first-order valence-corrected chi connectivity index (χ1v) is 7.43. The van der Waals surface area contributed by atoms with Crippen LogP contribution in [0.4, 0.5) is 0 Å². The van der Waals surface area contributed by atoms with Gasteiger partial charge in [-0.25, -0.2) is 0 Å². The molecule has 1 heterocycles. The molecular formula is C16H25ClN2O2. The first-order chi connectivity index (χ1) is 9.84. The zero-order valence-corrected chi connectivity index (χ0v) is 13.2. The van der Waals surface area contributed by atoms with E-state index in [-0.39, 0.29) is 18.3 Å². The highest BCUT2D eigenvalue weighted by atomic mass is 35.5. The van der Waals surface area contributed by atoms with Crippen LogP contribution in [0.2, 0.25) is 0 Å². The minimum absolute atomic E-state index is 0. The number of benzene rings is 1. The average molecular weight is 313 g/mol. The predicted molar refractivity (Wildman–Crippen MR) is 86.6 cm³/mol. The molecule has 1 aromatic carbocycles. The van der Waals surface area contributed by atoms with Crippen LogP contribution in [0.5, 0.6) is 0 Å². The zero-order chi connectivity index (χ0) is 14.0. The first-order valence-electron chi connectivity index (χ1n) is 7.43. The molecule has 0 saturated carbocycles. The van der Waals surface area contributed by atoms with Crippen LogP contribution in [0.25, 0.3) is 0 Å². The average Bonchev–Trinajstić information content (AvgIpc) is 2.98. The highest BCUT2D eigenvalue weighted by molar-refractivity contribution is 5.85. The maximum absolute atomic E-state index is 11.6. The number of halogens is 1. The third-order valence-corrected chi connectivity index (χ3v) is 3.62. The van der Waals surface area contributed by atoms with Gasteiger partial charge in [0.25, 0.3) is 0 Å². The highest BCUT2D eigenvalue weighted by Gasteiger charge is 2.13. The predicted octanol–water partition coefficient (Wildman–Crippen LogP) is 2.13. The maximum atomic E-state index is 11.6. The van der Waals surface area contributed by atoms with Crippen LogP contribution in [0.1, 0.15) is 24.8 Å². The highest BCUT2D eigenvalue weighted by Crippen LogP contribution is 2.10. The van der Waals surface area contributed by atoms with Crippen molar-refractivity contribution in [3.8, 4) is 0 Å². The van der Waals surface area contributed by atoms with Crippen molar-refractivity contribution >= 4 is 18.3 Å². The number of rotatable bonds is 8. The van der Waals surface area contributed by atoms with E-state index < -0.39 is 0 Å². The molecule has 21 heavy (non-hydrogen) atoms. The molecular weight excluding hydrogens is 288 g/mol. The second-order valence-electron chi connectivity index (χ2n) is 5.29. The van der Waals surface area contributed by atoms with Crippen LogP contribution in [0.3, 0.4) is 0 Å². The van der Waals surface area contributed by atoms with Gasteiger partial charge in [0, 0.05) is 13.0 Å². The molecule has 4 nitrogen and oxygen atoms in total. The molecule has 1 amide bonds. The van der Waals surface area contributed by atoms with Gasteiger partial charge in [-0.05, 0) is 37.4 Å². The summed E-state index contributed by atoms with van der Waals surface area (Å²) in [5.41, 5.74) is 1.14. The third kappa shape index (κ3) is 7.46. The number of carbonyl (C=O) groups excluding carboxylic acids is 1. The molecule has 2 rings (SSSR count). The summed E-state index contributed by atoms with van der Waals surface area (Å²) in [5, 5.41) is 6.30. The monoisotopic (exact) mass is 312 g/mol. The van der Waals surface area contributed by atoms with E-state index in [1.54, 1.807) is 0 Å². The van der Waals surface area contributed by atoms with Gasteiger partial charge in [-0.15, -0.1) is 12.4 Å². The van der Waals surface area contributed by atoms with Gasteiger partial charge in [0.05, 0.1) is 13.2 Å². The van der Waals surface area contributed by atoms with Crippen LogP contribution >= 0.6 is 12.4 Å². The molecule has 1 aromatic rings. The standard InChI is InChI=1S/C16H24N2O2.ClH/c19-16(18-10-7-14-6-9-17-12-14)8-11-20-13-15-4-2-1-3-5-15;/h1-5,14,17H,6-13H2,(H,18,19);1H. The van der Waals surface area contributed by atoms with Gasteiger partial charge in [-0.1, -0.05) is 30.3 Å². The second-order valence-corrected chi connectivity index (χ2v) is 5.29. The summed E-state index contributed by atoms with van der Waals surface area (Å²) in [4.78, 5) is 11.6. The van der Waals surface area contributed by atoms with Crippen molar-refractivity contribution in [2.75, 3.05) is 26.2 Å². The van der Waals surface area contributed by atoms with Gasteiger partial charge >= 0.3 is 0 Å². The lowest BCUT2D eigenvalue weighted by Gasteiger charge is -2.09. The summed E-state index contributed by atoms with van der Waals surface area (Å²) >= 11 is 0. The van der Waals surface area contributed by atoms with Crippen molar-refractivity contribution in [2.24, 2.45) is 5.92 Å². The van der Waals surface area contributed by atoms with E-state index in [0.717, 1.165) is 37.5 Å². The van der Waals surface area contributed by atoms with Crippen LogP contribution in [-0.4, -0.2) is 32.1 Å². The molecule has 5 heteroatoms. The normalized spacial score (nSPS) is 17.2. The Morgan fingerprint density at radius 2 is 2.14 bits per heavy atom. The van der Waals surface area contributed by atoms with E-state index in [4.69, 9.17) is 4.74 Å². The lowest BCUT2D eigenvalue weighted by molar-refractivity contribution is -0.122. The van der Waals surface area contributed by atoms with Crippen LogP contribution in [0.15, 0.2) is 30.3 Å². The minimum atomic E-state index is 0. The molecule has 1 fully saturated rings. The SMILES string of the molecule is Cl.O=C(CCOCc1ccccc1)NCCC1CCNC1. The van der Waals surface area contributed by atoms with Gasteiger partial charge in [0.1, 0.15) is 0 Å². The van der Waals surface area contributed by atoms with E-state index in [2.05, 4.69) is 10.6 Å². The molecule has 1 aliphatic heterocycles. The zero-order valence-electron chi connectivity index (χ0n) is 12.3. The maximum Gasteiger partial charge on any atom is 0.222 e. The lowest BCUT2D eigenvalue weighted by atomic mass is 10.1. The Bertz CT molecular complexity index is 395. The molecule has 0 aromatic heterocycles. The van der Waals surface area contributed by atoms with Crippen molar-refractivity contribution in [3.63, 3.8) is 0 Å². The summed E-state index contributed by atoms with van der Waals surface area (Å²) in [6.07, 6.45) is 2.75. The van der Waals surface area contributed by atoms with Crippen molar-refractivity contribution < 1.29 is 9.53 Å². The summed E-state index contributed by atoms with van der Waals surface area (Å²) in [6, 6.07) is 10.0. The number of amides is 1. The molecule has 1 unspecified atom stereocenters. The number of hydrogen-bond donors (Lipinski definition) is 2. The molecule has 0 bridgehead atoms. The van der Waals surface area contributed by atoms with Gasteiger partial charge in [0.2, 0.25) is 5.91 Å². The topological polar surface area (TPSA) is 50.4 Å². The van der Waals surface area contributed by atoms with E-state index in [1.807, 2.05) is 30.3 Å². The quantitative estimate of drug-likeness (QED) is 0.723. The number of nitrogens with one attached hydrogen (secondary N) is 2.